The molecule has 0 aliphatic heterocycles. The van der Waals surface area contributed by atoms with Crippen LogP contribution in [0, 0.1) is 0 Å². The lowest BCUT2D eigenvalue weighted by atomic mass is 10.2. The lowest BCUT2D eigenvalue weighted by Gasteiger charge is -2.15. The number of carboxylic acids is 1. The number of hydrogen-bond acceptors (Lipinski definition) is 2. The Morgan fingerprint density at radius 1 is 1.69 bits per heavy atom. The van der Waals surface area contributed by atoms with Crippen molar-refractivity contribution in [3.8, 4) is 0 Å². The molecule has 1 rings (SSSR count). The molecule has 1 atom stereocenters. The molecule has 1 unspecified atom stereocenters. The van der Waals surface area contributed by atoms with Crippen LogP contribution in [0.4, 0.5) is 0 Å². The fraction of sp³-hybridized carbons (Fsp3) is 0.545. The number of aromatic carboxylic acids is 1. The molecule has 0 amide bonds. The third-order valence-electron chi connectivity index (χ3n) is 2.39. The van der Waals surface area contributed by atoms with Gasteiger partial charge in [-0.05, 0) is 46.8 Å². The highest BCUT2D eigenvalue weighted by Gasteiger charge is 2.15. The first-order valence-electron chi connectivity index (χ1n) is 5.24. The number of carbonyl (C=O) groups is 1. The number of halogens is 1. The van der Waals surface area contributed by atoms with Crippen molar-refractivity contribution >= 4 is 33.7 Å². The molecule has 0 radical (unpaired) electrons. The fourth-order valence-corrected chi connectivity index (χ4v) is 2.75. The molecule has 0 fully saturated rings. The summed E-state index contributed by atoms with van der Waals surface area (Å²) >= 11 is 5.19. The predicted octanol–water partition coefficient (Wildman–Crippen LogP) is 3.65. The van der Waals surface area contributed by atoms with Gasteiger partial charge >= 0.3 is 5.97 Å². The van der Waals surface area contributed by atoms with Crippen molar-refractivity contribution < 1.29 is 9.90 Å². The summed E-state index contributed by atoms with van der Waals surface area (Å²) < 4.78 is 2.64. The standard InChI is InChI=1S/C11H16BrNO2S/c1-3-16-5-4-8(2)13-7-9(12)6-10(13)11(14)15/h6-8H,3-5H2,1-2H3,(H,14,15). The Balaban J connectivity index is 2.73. The molecule has 0 aliphatic rings. The normalized spacial score (nSPS) is 12.7. The summed E-state index contributed by atoms with van der Waals surface area (Å²) in [6.45, 7) is 4.18. The molecular weight excluding hydrogens is 290 g/mol. The predicted molar refractivity (Wildman–Crippen MR) is 71.4 cm³/mol. The zero-order valence-electron chi connectivity index (χ0n) is 9.44. The Kier molecular flexibility index (Phi) is 5.41. The Morgan fingerprint density at radius 3 is 2.94 bits per heavy atom. The third kappa shape index (κ3) is 3.56. The molecule has 1 aromatic rings. The van der Waals surface area contributed by atoms with Crippen LogP contribution in [-0.2, 0) is 0 Å². The molecule has 1 aromatic heterocycles. The molecule has 0 aliphatic carbocycles. The summed E-state index contributed by atoms with van der Waals surface area (Å²) in [5, 5.41) is 9.05. The Labute approximate surface area is 108 Å². The molecule has 1 heterocycles. The summed E-state index contributed by atoms with van der Waals surface area (Å²) in [5.74, 6) is 1.29. The second kappa shape index (κ2) is 6.35. The van der Waals surface area contributed by atoms with Crippen LogP contribution >= 0.6 is 27.7 Å². The SMILES string of the molecule is CCSCCC(C)n1cc(Br)cc1C(=O)O. The second-order valence-corrected chi connectivity index (χ2v) is 5.90. The molecule has 0 spiro atoms. The summed E-state index contributed by atoms with van der Waals surface area (Å²) in [6.07, 6.45) is 2.82. The first-order valence-corrected chi connectivity index (χ1v) is 7.19. The van der Waals surface area contributed by atoms with Crippen molar-refractivity contribution in [3.05, 3.63) is 22.4 Å². The lowest BCUT2D eigenvalue weighted by Crippen LogP contribution is -2.12. The van der Waals surface area contributed by atoms with E-state index >= 15 is 0 Å². The monoisotopic (exact) mass is 305 g/mol. The van der Waals surface area contributed by atoms with Crippen molar-refractivity contribution in [1.29, 1.82) is 0 Å². The Morgan fingerprint density at radius 2 is 2.38 bits per heavy atom. The van der Waals surface area contributed by atoms with Crippen LogP contribution in [0.25, 0.3) is 0 Å². The molecule has 0 saturated carbocycles. The van der Waals surface area contributed by atoms with Gasteiger partial charge < -0.3 is 9.67 Å². The van der Waals surface area contributed by atoms with Gasteiger partial charge in [-0.25, -0.2) is 4.79 Å². The third-order valence-corrected chi connectivity index (χ3v) is 3.76. The van der Waals surface area contributed by atoms with Crippen LogP contribution in [-0.4, -0.2) is 27.1 Å². The van der Waals surface area contributed by atoms with Crippen LogP contribution in [0.3, 0.4) is 0 Å². The quantitative estimate of drug-likeness (QED) is 0.816. The smallest absolute Gasteiger partial charge is 0.352 e. The highest BCUT2D eigenvalue weighted by Crippen LogP contribution is 2.22. The fourth-order valence-electron chi connectivity index (χ4n) is 1.52. The van der Waals surface area contributed by atoms with Crippen molar-refractivity contribution in [2.24, 2.45) is 0 Å². The van der Waals surface area contributed by atoms with E-state index in [4.69, 9.17) is 5.11 Å². The maximum Gasteiger partial charge on any atom is 0.352 e. The number of aromatic nitrogens is 1. The van der Waals surface area contributed by atoms with Gasteiger partial charge in [0.1, 0.15) is 5.69 Å². The molecule has 0 bridgehead atoms. The average molecular weight is 306 g/mol. The van der Waals surface area contributed by atoms with Gasteiger partial charge in [0.05, 0.1) is 0 Å². The summed E-state index contributed by atoms with van der Waals surface area (Å²) in [6, 6.07) is 1.86. The lowest BCUT2D eigenvalue weighted by molar-refractivity contribution is 0.0683. The van der Waals surface area contributed by atoms with Gasteiger partial charge in [-0.3, -0.25) is 0 Å². The van der Waals surface area contributed by atoms with E-state index in [1.807, 2.05) is 22.5 Å². The number of hydrogen-bond donors (Lipinski definition) is 1. The Hall–Kier alpha value is -0.420. The van der Waals surface area contributed by atoms with Gasteiger partial charge in [0, 0.05) is 16.7 Å². The van der Waals surface area contributed by atoms with Crippen LogP contribution in [0.15, 0.2) is 16.7 Å². The van der Waals surface area contributed by atoms with Gasteiger partial charge in [0.2, 0.25) is 0 Å². The molecule has 3 nitrogen and oxygen atoms in total. The maximum absolute atomic E-state index is 11.0. The van der Waals surface area contributed by atoms with Crippen LogP contribution in [0.2, 0.25) is 0 Å². The minimum Gasteiger partial charge on any atom is -0.477 e. The average Bonchev–Trinajstić information content (AvgIpc) is 2.61. The summed E-state index contributed by atoms with van der Waals surface area (Å²) in [4.78, 5) is 11.0. The highest BCUT2D eigenvalue weighted by molar-refractivity contribution is 9.10. The molecule has 16 heavy (non-hydrogen) atoms. The highest BCUT2D eigenvalue weighted by atomic mass is 79.9. The van der Waals surface area contributed by atoms with E-state index in [9.17, 15) is 4.79 Å². The van der Waals surface area contributed by atoms with Crippen molar-refractivity contribution in [1.82, 2.24) is 4.57 Å². The number of thioether (sulfide) groups is 1. The van der Waals surface area contributed by atoms with Gasteiger partial charge in [-0.2, -0.15) is 11.8 Å². The minimum absolute atomic E-state index is 0.219. The zero-order chi connectivity index (χ0) is 12.1. The molecule has 90 valence electrons. The molecular formula is C11H16BrNO2S. The first-order chi connectivity index (χ1) is 7.56. The summed E-state index contributed by atoms with van der Waals surface area (Å²) in [5.41, 5.74) is 0.348. The first kappa shape index (κ1) is 13.6. The van der Waals surface area contributed by atoms with E-state index in [1.54, 1.807) is 6.07 Å². The summed E-state index contributed by atoms with van der Waals surface area (Å²) in [7, 11) is 0. The van der Waals surface area contributed by atoms with E-state index in [0.717, 1.165) is 22.4 Å². The Bertz CT molecular complexity index is 365. The molecule has 0 saturated heterocycles. The van der Waals surface area contributed by atoms with Gasteiger partial charge in [0.25, 0.3) is 0 Å². The van der Waals surface area contributed by atoms with Crippen LogP contribution < -0.4 is 0 Å². The number of rotatable bonds is 6. The van der Waals surface area contributed by atoms with Crippen LogP contribution in [0.5, 0.6) is 0 Å². The topological polar surface area (TPSA) is 42.2 Å². The minimum atomic E-state index is -0.874. The zero-order valence-corrected chi connectivity index (χ0v) is 11.8. The van der Waals surface area contributed by atoms with E-state index in [2.05, 4.69) is 29.8 Å². The largest absolute Gasteiger partial charge is 0.477 e. The van der Waals surface area contributed by atoms with Gasteiger partial charge in [-0.15, -0.1) is 0 Å². The van der Waals surface area contributed by atoms with Crippen molar-refractivity contribution in [3.63, 3.8) is 0 Å². The van der Waals surface area contributed by atoms with E-state index in [-0.39, 0.29) is 6.04 Å². The van der Waals surface area contributed by atoms with Crippen LogP contribution in [0.1, 0.15) is 36.8 Å². The number of nitrogens with zero attached hydrogens (tertiary/aromatic N) is 1. The van der Waals surface area contributed by atoms with Crippen molar-refractivity contribution in [2.45, 2.75) is 26.3 Å². The van der Waals surface area contributed by atoms with E-state index in [1.165, 1.54) is 0 Å². The molecule has 5 heteroatoms. The van der Waals surface area contributed by atoms with Gasteiger partial charge in [0.15, 0.2) is 0 Å². The maximum atomic E-state index is 11.0. The van der Waals surface area contributed by atoms with Crippen molar-refractivity contribution in [2.75, 3.05) is 11.5 Å². The molecule has 0 aromatic carbocycles. The second-order valence-electron chi connectivity index (χ2n) is 3.59. The van der Waals surface area contributed by atoms with E-state index < -0.39 is 5.97 Å². The number of carboxylic acid groups (broad SMARTS) is 1. The molecule has 1 N–H and O–H groups in total. The van der Waals surface area contributed by atoms with E-state index in [0.29, 0.717) is 5.69 Å². The van der Waals surface area contributed by atoms with Gasteiger partial charge in [-0.1, -0.05) is 6.92 Å².